The van der Waals surface area contributed by atoms with Gasteiger partial charge in [-0.1, -0.05) is 6.07 Å². The summed E-state index contributed by atoms with van der Waals surface area (Å²) in [6, 6.07) is 5.71. The minimum Gasteiger partial charge on any atom is -0.322 e. The normalized spacial score (nSPS) is 13.5. The monoisotopic (exact) mass is 381 g/mol. The van der Waals surface area contributed by atoms with Crippen LogP contribution < -0.4 is 16.6 Å². The van der Waals surface area contributed by atoms with Gasteiger partial charge in [-0.05, 0) is 31.9 Å². The zero-order chi connectivity index (χ0) is 20.0. The number of aromatic amines is 1. The molecule has 0 unspecified atom stereocenters. The van der Waals surface area contributed by atoms with Crippen LogP contribution in [0.1, 0.15) is 34.8 Å². The Morgan fingerprint density at radius 1 is 1.32 bits per heavy atom. The molecule has 1 amide bonds. The molecular formula is C18H15N5O5. The van der Waals surface area contributed by atoms with E-state index in [0.717, 1.165) is 12.8 Å². The number of nitro groups is 1. The number of aryl methyl sites for hydroxylation is 1. The molecule has 1 aliphatic rings. The van der Waals surface area contributed by atoms with Gasteiger partial charge < -0.3 is 5.32 Å². The highest BCUT2D eigenvalue weighted by atomic mass is 16.6. The van der Waals surface area contributed by atoms with Gasteiger partial charge in [-0.15, -0.1) is 0 Å². The van der Waals surface area contributed by atoms with Crippen LogP contribution in [0.4, 0.5) is 11.4 Å². The van der Waals surface area contributed by atoms with Crippen molar-refractivity contribution < 1.29 is 9.72 Å². The molecule has 4 rings (SSSR count). The topological polar surface area (TPSA) is 140 Å². The van der Waals surface area contributed by atoms with Gasteiger partial charge in [-0.3, -0.25) is 29.3 Å². The molecule has 2 aromatic heterocycles. The van der Waals surface area contributed by atoms with Gasteiger partial charge in [0.25, 0.3) is 17.2 Å². The fourth-order valence-electron chi connectivity index (χ4n) is 3.02. The summed E-state index contributed by atoms with van der Waals surface area (Å²) in [6.45, 7) is 1.60. The maximum atomic E-state index is 12.5. The van der Waals surface area contributed by atoms with E-state index in [1.807, 2.05) is 0 Å². The number of hydrogen-bond donors (Lipinski definition) is 2. The summed E-state index contributed by atoms with van der Waals surface area (Å²) in [5.41, 5.74) is -0.193. The van der Waals surface area contributed by atoms with Crippen LogP contribution >= 0.6 is 0 Å². The number of nitro benzene ring substituents is 1. The maximum absolute atomic E-state index is 12.5. The Balaban J connectivity index is 1.71. The van der Waals surface area contributed by atoms with Gasteiger partial charge in [0, 0.05) is 29.6 Å². The number of carbonyl (C=O) groups excluding carboxylic acids is 1. The standard InChI is InChI=1S/C18H15N5O5/c1-9-2-3-11(7-14(9)23(27)28)20-16(24)10-6-13-15(19-8-10)22(12-4-5-12)18(26)21-17(13)25/h2-3,6-8,12H,4-5H2,1H3,(H,20,24)(H,21,25,26). The molecule has 0 spiro atoms. The smallest absolute Gasteiger partial charge is 0.322 e. The van der Waals surface area contributed by atoms with Crippen LogP contribution in [0.3, 0.4) is 0 Å². The zero-order valence-corrected chi connectivity index (χ0v) is 14.8. The van der Waals surface area contributed by atoms with Crippen LogP contribution in [0.5, 0.6) is 0 Å². The lowest BCUT2D eigenvalue weighted by atomic mass is 10.1. The van der Waals surface area contributed by atoms with Crippen molar-refractivity contribution in [3.63, 3.8) is 0 Å². The predicted molar refractivity (Wildman–Crippen MR) is 101 cm³/mol. The van der Waals surface area contributed by atoms with E-state index in [1.54, 1.807) is 13.0 Å². The molecule has 2 heterocycles. The van der Waals surface area contributed by atoms with E-state index < -0.39 is 22.1 Å². The van der Waals surface area contributed by atoms with Gasteiger partial charge in [0.2, 0.25) is 0 Å². The first-order chi connectivity index (χ1) is 13.3. The van der Waals surface area contributed by atoms with Gasteiger partial charge in [-0.25, -0.2) is 9.78 Å². The van der Waals surface area contributed by atoms with Gasteiger partial charge >= 0.3 is 5.69 Å². The van der Waals surface area contributed by atoms with E-state index in [0.29, 0.717) is 5.56 Å². The third-order valence-corrected chi connectivity index (χ3v) is 4.62. The molecule has 0 saturated heterocycles. The second-order valence-corrected chi connectivity index (χ2v) is 6.67. The number of aromatic nitrogens is 3. The van der Waals surface area contributed by atoms with Crippen molar-refractivity contribution in [1.29, 1.82) is 0 Å². The van der Waals surface area contributed by atoms with E-state index in [4.69, 9.17) is 0 Å². The molecule has 10 heteroatoms. The Kier molecular flexibility index (Phi) is 4.03. The lowest BCUT2D eigenvalue weighted by molar-refractivity contribution is -0.385. The van der Waals surface area contributed by atoms with Crippen LogP contribution in [-0.2, 0) is 0 Å². The summed E-state index contributed by atoms with van der Waals surface area (Å²) in [6.07, 6.45) is 2.94. The van der Waals surface area contributed by atoms with Gasteiger partial charge in [0.05, 0.1) is 15.9 Å². The number of amides is 1. The van der Waals surface area contributed by atoms with Gasteiger partial charge in [0.1, 0.15) is 5.65 Å². The fourth-order valence-corrected chi connectivity index (χ4v) is 3.02. The number of nitrogens with zero attached hydrogens (tertiary/aromatic N) is 3. The molecular weight excluding hydrogens is 366 g/mol. The van der Waals surface area contributed by atoms with Crippen molar-refractivity contribution in [3.05, 3.63) is 72.5 Å². The Bertz CT molecular complexity index is 1260. The quantitative estimate of drug-likeness (QED) is 0.522. The maximum Gasteiger partial charge on any atom is 0.330 e. The number of rotatable bonds is 4. The molecule has 0 aliphatic heterocycles. The van der Waals surface area contributed by atoms with Crippen LogP contribution in [0.25, 0.3) is 11.0 Å². The zero-order valence-electron chi connectivity index (χ0n) is 14.8. The second kappa shape index (κ2) is 6.41. The van der Waals surface area contributed by atoms with E-state index in [9.17, 15) is 24.5 Å². The summed E-state index contributed by atoms with van der Waals surface area (Å²) in [7, 11) is 0. The minimum absolute atomic E-state index is 0.00661. The first-order valence-corrected chi connectivity index (χ1v) is 8.56. The van der Waals surface area contributed by atoms with Crippen molar-refractivity contribution >= 4 is 28.3 Å². The summed E-state index contributed by atoms with van der Waals surface area (Å²) >= 11 is 0. The van der Waals surface area contributed by atoms with Crippen LogP contribution in [-0.4, -0.2) is 25.4 Å². The third kappa shape index (κ3) is 3.04. The fraction of sp³-hybridized carbons (Fsp3) is 0.222. The Labute approximate surface area is 157 Å². The van der Waals surface area contributed by atoms with Crippen LogP contribution in [0, 0.1) is 17.0 Å². The van der Waals surface area contributed by atoms with Crippen molar-refractivity contribution in [2.45, 2.75) is 25.8 Å². The summed E-state index contributed by atoms with van der Waals surface area (Å²) in [5.74, 6) is -0.573. The molecule has 1 fully saturated rings. The van der Waals surface area contributed by atoms with E-state index >= 15 is 0 Å². The number of hydrogen-bond acceptors (Lipinski definition) is 6. The van der Waals surface area contributed by atoms with Crippen molar-refractivity contribution in [1.82, 2.24) is 14.5 Å². The summed E-state index contributed by atoms with van der Waals surface area (Å²) in [4.78, 5) is 53.7. The minimum atomic E-state index is -0.620. The molecule has 0 atom stereocenters. The Morgan fingerprint density at radius 2 is 2.07 bits per heavy atom. The summed E-state index contributed by atoms with van der Waals surface area (Å²) < 4.78 is 1.43. The van der Waals surface area contributed by atoms with Crippen LogP contribution in [0.15, 0.2) is 40.1 Å². The molecule has 28 heavy (non-hydrogen) atoms. The first-order valence-electron chi connectivity index (χ1n) is 8.56. The molecule has 0 bridgehead atoms. The van der Waals surface area contributed by atoms with Gasteiger partial charge in [-0.2, -0.15) is 0 Å². The highest BCUT2D eigenvalue weighted by molar-refractivity contribution is 6.05. The SMILES string of the molecule is Cc1ccc(NC(=O)c2cnc3c(c2)c(=O)[nH]c(=O)n3C2CC2)cc1[N+](=O)[O-]. The Morgan fingerprint density at radius 3 is 2.75 bits per heavy atom. The predicted octanol–water partition coefficient (Wildman–Crippen LogP) is 1.89. The van der Waals surface area contributed by atoms with Crippen molar-refractivity contribution in [2.24, 2.45) is 0 Å². The lowest BCUT2D eigenvalue weighted by Crippen LogP contribution is -2.30. The molecule has 1 aliphatic carbocycles. The number of H-pyrrole nitrogens is 1. The van der Waals surface area contributed by atoms with Gasteiger partial charge in [0.15, 0.2) is 0 Å². The molecule has 3 aromatic rings. The average molecular weight is 381 g/mol. The number of carbonyl (C=O) groups is 1. The molecule has 0 radical (unpaired) electrons. The largest absolute Gasteiger partial charge is 0.330 e. The molecule has 142 valence electrons. The highest BCUT2D eigenvalue weighted by Crippen LogP contribution is 2.34. The second-order valence-electron chi connectivity index (χ2n) is 6.67. The first kappa shape index (κ1) is 17.6. The van der Waals surface area contributed by atoms with E-state index in [2.05, 4.69) is 15.3 Å². The lowest BCUT2D eigenvalue weighted by Gasteiger charge is -2.09. The molecule has 2 N–H and O–H groups in total. The Hall–Kier alpha value is -3.82. The summed E-state index contributed by atoms with van der Waals surface area (Å²) in [5, 5.41) is 13.7. The number of benzene rings is 1. The van der Waals surface area contributed by atoms with Crippen LogP contribution in [0.2, 0.25) is 0 Å². The molecule has 1 aromatic carbocycles. The van der Waals surface area contributed by atoms with E-state index in [-0.39, 0.29) is 34.0 Å². The average Bonchev–Trinajstić information content (AvgIpc) is 3.47. The van der Waals surface area contributed by atoms with Crippen molar-refractivity contribution in [3.8, 4) is 0 Å². The highest BCUT2D eigenvalue weighted by Gasteiger charge is 2.27. The third-order valence-electron chi connectivity index (χ3n) is 4.62. The number of nitrogens with one attached hydrogen (secondary N) is 2. The van der Waals surface area contributed by atoms with E-state index in [1.165, 1.54) is 29.0 Å². The number of anilines is 1. The van der Waals surface area contributed by atoms with Crippen molar-refractivity contribution in [2.75, 3.05) is 5.32 Å². The number of pyridine rings is 1. The number of fused-ring (bicyclic) bond motifs is 1. The molecule has 10 nitrogen and oxygen atoms in total. The molecule has 1 saturated carbocycles.